The molecule has 0 atom stereocenters. The molecule has 43 heavy (non-hydrogen) atoms. The molecule has 8 nitrogen and oxygen atoms in total. The molecule has 0 unspecified atom stereocenters. The molecule has 3 aromatic heterocycles. The Bertz CT molecular complexity index is 1710. The number of likely N-dealkylation sites (tertiary alicyclic amines) is 1. The Morgan fingerprint density at radius 2 is 1.95 bits per heavy atom. The van der Waals surface area contributed by atoms with Crippen molar-refractivity contribution in [1.82, 2.24) is 24.8 Å². The van der Waals surface area contributed by atoms with E-state index < -0.39 is 12.6 Å². The minimum Gasteiger partial charge on any atom is -0.367 e. The summed E-state index contributed by atoms with van der Waals surface area (Å²) < 4.78 is 40.6. The second-order valence-corrected chi connectivity index (χ2v) is 12.5. The number of aryl methyl sites for hydroxylation is 1. The van der Waals surface area contributed by atoms with Crippen molar-refractivity contribution in [1.29, 1.82) is 5.26 Å². The third kappa shape index (κ3) is 7.00. The number of hydrogen-bond acceptors (Lipinski definition) is 7. The lowest BCUT2D eigenvalue weighted by atomic mass is 10.0. The van der Waals surface area contributed by atoms with Crippen LogP contribution in [0.1, 0.15) is 48.4 Å². The van der Waals surface area contributed by atoms with Crippen LogP contribution in [0.5, 0.6) is 0 Å². The van der Waals surface area contributed by atoms with Crippen molar-refractivity contribution in [3.8, 4) is 6.07 Å². The number of fused-ring (bicyclic) bond motifs is 2. The number of hydrogen-bond donors (Lipinski definition) is 2. The molecule has 1 aromatic carbocycles. The zero-order chi connectivity index (χ0) is 30.9. The number of piperidine rings is 1. The van der Waals surface area contributed by atoms with Crippen molar-refractivity contribution in [3.63, 3.8) is 0 Å². The van der Waals surface area contributed by atoms with E-state index in [0.29, 0.717) is 34.0 Å². The van der Waals surface area contributed by atoms with Gasteiger partial charge >= 0.3 is 6.18 Å². The second kappa shape index (κ2) is 12.3. The molecule has 1 aliphatic rings. The maximum atomic E-state index is 12.9. The average Bonchev–Trinajstić information content (AvgIpc) is 3.51. The van der Waals surface area contributed by atoms with E-state index >= 15 is 0 Å². The lowest BCUT2D eigenvalue weighted by Gasteiger charge is -2.33. The number of nitriles is 1. The van der Waals surface area contributed by atoms with Crippen LogP contribution < -0.4 is 10.6 Å². The lowest BCUT2D eigenvalue weighted by Crippen LogP contribution is -2.39. The van der Waals surface area contributed by atoms with Crippen LogP contribution in [0.25, 0.3) is 21.1 Å². The van der Waals surface area contributed by atoms with Gasteiger partial charge in [0.25, 0.3) is 0 Å². The Morgan fingerprint density at radius 3 is 2.63 bits per heavy atom. The van der Waals surface area contributed by atoms with E-state index in [1.54, 1.807) is 6.07 Å². The molecule has 0 aliphatic carbocycles. The number of anilines is 1. The molecule has 2 N–H and O–H groups in total. The summed E-state index contributed by atoms with van der Waals surface area (Å²) in [6.45, 7) is 12.5. The number of alkyl halides is 3. The number of allylic oxidation sites excluding steroid dienone is 1. The molecular weight excluding hydrogens is 575 g/mol. The molecule has 4 aromatic rings. The first-order chi connectivity index (χ1) is 20.4. The van der Waals surface area contributed by atoms with E-state index in [9.17, 15) is 23.2 Å². The molecule has 0 saturated carbocycles. The standard InChI is InChI=1S/C31H34F3N7OS/c1-18(2)29(42)38-19(3)15-41-23(14-35)11-25-20(4)21(5-6-27(25)41)16-40-9-7-22(8-10-40)39-28-26-12-24(13-31(32,33)34)43-30(26)37-17-36-28/h5-6,11-12,17-18,22H,3,7-10,13,15-16H2,1-2,4H3,(H,38,42)(H,36,37,39). The van der Waals surface area contributed by atoms with Gasteiger partial charge in [0.1, 0.15) is 28.7 Å². The zero-order valence-electron chi connectivity index (χ0n) is 24.4. The SMILES string of the molecule is C=C(Cn1c(C#N)cc2c(C)c(CN3CCC(Nc4ncnc5sc(CC(F)(F)F)cc45)CC3)ccc21)NC(=O)C(C)C. The molecular formula is C31H34F3N7OS. The predicted molar refractivity (Wildman–Crippen MR) is 163 cm³/mol. The van der Waals surface area contributed by atoms with E-state index in [1.165, 1.54) is 11.9 Å². The highest BCUT2D eigenvalue weighted by atomic mass is 32.1. The fraction of sp³-hybridized carbons (Fsp3) is 0.419. The van der Waals surface area contributed by atoms with E-state index in [0.717, 1.165) is 60.3 Å². The van der Waals surface area contributed by atoms with Gasteiger partial charge in [0.2, 0.25) is 5.91 Å². The summed E-state index contributed by atoms with van der Waals surface area (Å²) in [5.41, 5.74) is 4.26. The van der Waals surface area contributed by atoms with Crippen molar-refractivity contribution in [3.05, 3.63) is 64.6 Å². The first-order valence-corrected chi connectivity index (χ1v) is 15.0. The van der Waals surface area contributed by atoms with Crippen molar-refractivity contribution in [2.45, 2.75) is 65.3 Å². The van der Waals surface area contributed by atoms with Gasteiger partial charge in [-0.05, 0) is 49.1 Å². The number of nitrogens with zero attached hydrogens (tertiary/aromatic N) is 5. The number of carbonyl (C=O) groups excluding carboxylic acids is 1. The highest BCUT2D eigenvalue weighted by Crippen LogP contribution is 2.33. The van der Waals surface area contributed by atoms with E-state index in [2.05, 4.69) is 51.1 Å². The highest BCUT2D eigenvalue weighted by Gasteiger charge is 2.29. The first kappa shape index (κ1) is 30.5. The van der Waals surface area contributed by atoms with Gasteiger partial charge in [-0.1, -0.05) is 26.5 Å². The Kier molecular flexibility index (Phi) is 8.76. The first-order valence-electron chi connectivity index (χ1n) is 14.2. The third-order valence-electron chi connectivity index (χ3n) is 7.83. The van der Waals surface area contributed by atoms with Crippen molar-refractivity contribution < 1.29 is 18.0 Å². The minimum atomic E-state index is -4.26. The van der Waals surface area contributed by atoms with Crippen molar-refractivity contribution in [2.24, 2.45) is 5.92 Å². The van der Waals surface area contributed by atoms with Crippen LogP contribution >= 0.6 is 11.3 Å². The molecule has 12 heteroatoms. The molecule has 0 bridgehead atoms. The minimum absolute atomic E-state index is 0.107. The summed E-state index contributed by atoms with van der Waals surface area (Å²) in [6.07, 6.45) is -2.10. The molecule has 1 amide bonds. The molecule has 1 aliphatic heterocycles. The van der Waals surface area contributed by atoms with Gasteiger partial charge in [0.15, 0.2) is 0 Å². The summed E-state index contributed by atoms with van der Waals surface area (Å²) in [7, 11) is 0. The zero-order valence-corrected chi connectivity index (χ0v) is 25.2. The number of rotatable bonds is 9. The van der Waals surface area contributed by atoms with E-state index in [-0.39, 0.29) is 22.7 Å². The maximum Gasteiger partial charge on any atom is 0.393 e. The average molecular weight is 610 g/mol. The molecule has 4 heterocycles. The van der Waals surface area contributed by atoms with E-state index in [1.807, 2.05) is 30.5 Å². The fourth-order valence-corrected chi connectivity index (χ4v) is 6.51. The van der Waals surface area contributed by atoms with Crippen LogP contribution in [0.2, 0.25) is 0 Å². The van der Waals surface area contributed by atoms with Crippen LogP contribution in [0.4, 0.5) is 19.0 Å². The topological polar surface area (TPSA) is 98.9 Å². The summed E-state index contributed by atoms with van der Waals surface area (Å²) >= 11 is 1.05. The van der Waals surface area contributed by atoms with Crippen molar-refractivity contribution >= 4 is 44.2 Å². The number of amides is 1. The van der Waals surface area contributed by atoms with E-state index in [4.69, 9.17) is 0 Å². The van der Waals surface area contributed by atoms with Crippen LogP contribution in [0.3, 0.4) is 0 Å². The van der Waals surface area contributed by atoms with Gasteiger partial charge in [-0.3, -0.25) is 9.69 Å². The Hall–Kier alpha value is -3.95. The largest absolute Gasteiger partial charge is 0.393 e. The summed E-state index contributed by atoms with van der Waals surface area (Å²) in [4.78, 5) is 23.8. The summed E-state index contributed by atoms with van der Waals surface area (Å²) in [5, 5.41) is 17.7. The van der Waals surface area contributed by atoms with Crippen LogP contribution in [0, 0.1) is 24.2 Å². The predicted octanol–water partition coefficient (Wildman–Crippen LogP) is 6.29. The van der Waals surface area contributed by atoms with Gasteiger partial charge in [0, 0.05) is 53.1 Å². The normalized spacial score (nSPS) is 14.8. The molecule has 0 radical (unpaired) electrons. The Morgan fingerprint density at radius 1 is 1.21 bits per heavy atom. The number of carbonyl (C=O) groups is 1. The number of halogens is 3. The number of nitrogens with one attached hydrogen (secondary N) is 2. The lowest BCUT2D eigenvalue weighted by molar-refractivity contribution is -0.126. The Balaban J connectivity index is 1.23. The molecule has 226 valence electrons. The summed E-state index contributed by atoms with van der Waals surface area (Å²) in [5.74, 6) is 0.311. The van der Waals surface area contributed by atoms with Gasteiger partial charge in [-0.2, -0.15) is 18.4 Å². The maximum absolute atomic E-state index is 12.9. The van der Waals surface area contributed by atoms with Crippen LogP contribution in [-0.4, -0.2) is 50.6 Å². The third-order valence-corrected chi connectivity index (χ3v) is 8.88. The second-order valence-electron chi connectivity index (χ2n) is 11.4. The monoisotopic (exact) mass is 609 g/mol. The van der Waals surface area contributed by atoms with Gasteiger partial charge in [-0.15, -0.1) is 11.3 Å². The number of thiophene rings is 1. The van der Waals surface area contributed by atoms with Gasteiger partial charge < -0.3 is 15.2 Å². The fourth-order valence-electron chi connectivity index (χ4n) is 5.48. The Labute approximate surface area is 252 Å². The molecule has 5 rings (SSSR count). The van der Waals surface area contributed by atoms with Crippen LogP contribution in [0.15, 0.2) is 42.9 Å². The van der Waals surface area contributed by atoms with Gasteiger partial charge in [-0.25, -0.2) is 9.97 Å². The number of benzene rings is 1. The van der Waals surface area contributed by atoms with Crippen molar-refractivity contribution in [2.75, 3.05) is 18.4 Å². The van der Waals surface area contributed by atoms with Gasteiger partial charge in [0.05, 0.1) is 18.4 Å². The quantitative estimate of drug-likeness (QED) is 0.231. The number of aromatic nitrogens is 3. The van der Waals surface area contributed by atoms with Crippen LogP contribution in [-0.2, 0) is 24.3 Å². The molecule has 1 saturated heterocycles. The highest BCUT2D eigenvalue weighted by molar-refractivity contribution is 7.18. The molecule has 1 fully saturated rings. The summed E-state index contributed by atoms with van der Waals surface area (Å²) in [6, 6.07) is 10.00. The smallest absolute Gasteiger partial charge is 0.367 e. The molecule has 0 spiro atoms.